The van der Waals surface area contributed by atoms with Crippen LogP contribution in [-0.2, 0) is 17.7 Å². The van der Waals surface area contributed by atoms with E-state index in [1.807, 2.05) is 11.6 Å². The molecule has 5 nitrogen and oxygen atoms in total. The van der Waals surface area contributed by atoms with Crippen LogP contribution in [0.5, 0.6) is 0 Å². The van der Waals surface area contributed by atoms with Gasteiger partial charge in [-0.25, -0.2) is 9.67 Å². The predicted octanol–water partition coefficient (Wildman–Crippen LogP) is 1.88. The van der Waals surface area contributed by atoms with E-state index in [0.29, 0.717) is 12.0 Å². The van der Waals surface area contributed by atoms with E-state index in [9.17, 15) is 0 Å². The molecule has 19 heavy (non-hydrogen) atoms. The average Bonchev–Trinajstić information content (AvgIpc) is 2.79. The molecule has 1 aromatic rings. The van der Waals surface area contributed by atoms with Gasteiger partial charge in [-0.15, -0.1) is 0 Å². The minimum absolute atomic E-state index is 0.315. The number of nitrogens with zero attached hydrogens (tertiary/aromatic N) is 3. The summed E-state index contributed by atoms with van der Waals surface area (Å²) in [4.78, 5) is 4.38. The van der Waals surface area contributed by atoms with Crippen molar-refractivity contribution in [3.8, 4) is 0 Å². The first kappa shape index (κ1) is 16.1. The monoisotopic (exact) mass is 268 g/mol. The van der Waals surface area contributed by atoms with Gasteiger partial charge >= 0.3 is 0 Å². The average molecular weight is 268 g/mol. The first-order valence-electron chi connectivity index (χ1n) is 7.35. The van der Waals surface area contributed by atoms with E-state index in [4.69, 9.17) is 4.74 Å². The fraction of sp³-hybridized carbons (Fsp3) is 0.857. The number of nitrogens with one attached hydrogen (secondary N) is 1. The highest BCUT2D eigenvalue weighted by Crippen LogP contribution is 2.05. The van der Waals surface area contributed by atoms with E-state index in [0.717, 1.165) is 45.0 Å². The van der Waals surface area contributed by atoms with Crippen molar-refractivity contribution in [3.63, 3.8) is 0 Å². The summed E-state index contributed by atoms with van der Waals surface area (Å²) in [5.41, 5.74) is 0. The van der Waals surface area contributed by atoms with Crippen molar-refractivity contribution < 1.29 is 4.74 Å². The van der Waals surface area contributed by atoms with Crippen LogP contribution in [0.15, 0.2) is 6.33 Å². The molecule has 0 aliphatic rings. The Hall–Kier alpha value is -0.940. The number of rotatable bonds is 10. The molecule has 0 radical (unpaired) electrons. The zero-order valence-corrected chi connectivity index (χ0v) is 12.7. The minimum Gasteiger partial charge on any atom is -0.380 e. The molecule has 0 aliphatic carbocycles. The molecule has 0 aliphatic heterocycles. The lowest BCUT2D eigenvalue weighted by molar-refractivity contribution is 0.121. The van der Waals surface area contributed by atoms with Gasteiger partial charge in [-0.2, -0.15) is 5.10 Å². The molecule has 1 N–H and O–H groups in total. The maximum Gasteiger partial charge on any atom is 0.138 e. The zero-order valence-electron chi connectivity index (χ0n) is 12.7. The van der Waals surface area contributed by atoms with E-state index >= 15 is 0 Å². The quantitative estimate of drug-likeness (QED) is 0.704. The largest absolute Gasteiger partial charge is 0.380 e. The standard InChI is InChI=1S/C14H28N4O/c1-5-7-15-13(10-19-6-2)8-14-16-11-17-18(14)9-12(3)4/h11-13,15H,5-10H2,1-4H3. The lowest BCUT2D eigenvalue weighted by Crippen LogP contribution is -2.37. The Morgan fingerprint density at radius 2 is 2.16 bits per heavy atom. The number of ether oxygens (including phenoxy) is 1. The summed E-state index contributed by atoms with van der Waals surface area (Å²) < 4.78 is 7.55. The number of hydrogen-bond acceptors (Lipinski definition) is 4. The summed E-state index contributed by atoms with van der Waals surface area (Å²) in [5, 5.41) is 7.82. The smallest absolute Gasteiger partial charge is 0.138 e. The first-order valence-corrected chi connectivity index (χ1v) is 7.35. The predicted molar refractivity (Wildman–Crippen MR) is 77.1 cm³/mol. The molecule has 1 atom stereocenters. The molecule has 110 valence electrons. The maximum atomic E-state index is 5.54. The van der Waals surface area contributed by atoms with Gasteiger partial charge in [-0.1, -0.05) is 20.8 Å². The highest BCUT2D eigenvalue weighted by molar-refractivity contribution is 4.90. The molecule has 0 aromatic carbocycles. The topological polar surface area (TPSA) is 52.0 Å². The van der Waals surface area contributed by atoms with Crippen LogP contribution in [-0.4, -0.2) is 40.6 Å². The van der Waals surface area contributed by atoms with Crippen LogP contribution in [0.25, 0.3) is 0 Å². The van der Waals surface area contributed by atoms with Crippen molar-refractivity contribution >= 4 is 0 Å². The summed E-state index contributed by atoms with van der Waals surface area (Å²) in [6, 6.07) is 0.315. The van der Waals surface area contributed by atoms with E-state index < -0.39 is 0 Å². The second-order valence-electron chi connectivity index (χ2n) is 5.27. The molecule has 5 heteroatoms. The van der Waals surface area contributed by atoms with Crippen LogP contribution in [0, 0.1) is 5.92 Å². The summed E-state index contributed by atoms with van der Waals surface area (Å²) >= 11 is 0. The van der Waals surface area contributed by atoms with Gasteiger partial charge in [0.25, 0.3) is 0 Å². The van der Waals surface area contributed by atoms with E-state index in [1.54, 1.807) is 6.33 Å². The van der Waals surface area contributed by atoms with Gasteiger partial charge in [-0.05, 0) is 25.8 Å². The van der Waals surface area contributed by atoms with E-state index in [2.05, 4.69) is 36.2 Å². The number of aromatic nitrogens is 3. The minimum atomic E-state index is 0.315. The summed E-state index contributed by atoms with van der Waals surface area (Å²) in [5.74, 6) is 1.62. The van der Waals surface area contributed by atoms with Crippen LogP contribution in [0.3, 0.4) is 0 Å². The highest BCUT2D eigenvalue weighted by Gasteiger charge is 2.14. The normalized spacial score (nSPS) is 13.1. The van der Waals surface area contributed by atoms with Crippen LogP contribution >= 0.6 is 0 Å². The molecule has 0 amide bonds. The van der Waals surface area contributed by atoms with Gasteiger partial charge in [0, 0.05) is 25.6 Å². The van der Waals surface area contributed by atoms with Gasteiger partial charge in [0.15, 0.2) is 0 Å². The third-order valence-electron chi connectivity index (χ3n) is 2.87. The molecule has 1 rings (SSSR count). The zero-order chi connectivity index (χ0) is 14.1. The van der Waals surface area contributed by atoms with E-state index in [1.165, 1.54) is 0 Å². The molecule has 0 spiro atoms. The molecule has 1 unspecified atom stereocenters. The Kier molecular flexibility index (Phi) is 7.67. The van der Waals surface area contributed by atoms with Crippen LogP contribution in [0.4, 0.5) is 0 Å². The van der Waals surface area contributed by atoms with E-state index in [-0.39, 0.29) is 0 Å². The molecule has 0 saturated heterocycles. The molecular formula is C14H28N4O. The van der Waals surface area contributed by atoms with Crippen molar-refractivity contribution in [2.75, 3.05) is 19.8 Å². The summed E-state index contributed by atoms with van der Waals surface area (Å²) in [7, 11) is 0. The molecule has 1 aromatic heterocycles. The second-order valence-corrected chi connectivity index (χ2v) is 5.27. The Bertz CT molecular complexity index is 330. The van der Waals surface area contributed by atoms with Crippen LogP contribution < -0.4 is 5.32 Å². The Morgan fingerprint density at radius 3 is 2.79 bits per heavy atom. The molecule has 0 bridgehead atoms. The first-order chi connectivity index (χ1) is 9.17. The lowest BCUT2D eigenvalue weighted by Gasteiger charge is -2.18. The molecule has 0 saturated carbocycles. The number of hydrogen-bond donors (Lipinski definition) is 1. The summed E-state index contributed by atoms with van der Waals surface area (Å²) in [6.07, 6.45) is 3.64. The molecule has 1 heterocycles. The lowest BCUT2D eigenvalue weighted by atomic mass is 10.2. The maximum absolute atomic E-state index is 5.54. The third kappa shape index (κ3) is 6.16. The fourth-order valence-electron chi connectivity index (χ4n) is 1.96. The molecule has 0 fully saturated rings. The van der Waals surface area contributed by atoms with Gasteiger partial charge in [0.05, 0.1) is 6.61 Å². The summed E-state index contributed by atoms with van der Waals surface area (Å²) in [6.45, 7) is 12.0. The highest BCUT2D eigenvalue weighted by atomic mass is 16.5. The Morgan fingerprint density at radius 1 is 1.37 bits per heavy atom. The van der Waals surface area contributed by atoms with Gasteiger partial charge in [0.1, 0.15) is 12.2 Å². The van der Waals surface area contributed by atoms with Crippen LogP contribution in [0.1, 0.15) is 39.9 Å². The van der Waals surface area contributed by atoms with Crippen molar-refractivity contribution in [3.05, 3.63) is 12.2 Å². The van der Waals surface area contributed by atoms with Gasteiger partial charge in [-0.3, -0.25) is 0 Å². The SMILES string of the molecule is CCCNC(COCC)Cc1ncnn1CC(C)C. The van der Waals surface area contributed by atoms with Gasteiger partial charge < -0.3 is 10.1 Å². The van der Waals surface area contributed by atoms with Crippen molar-refractivity contribution in [1.29, 1.82) is 0 Å². The van der Waals surface area contributed by atoms with Crippen molar-refractivity contribution in [2.45, 2.75) is 53.1 Å². The van der Waals surface area contributed by atoms with Gasteiger partial charge in [0.2, 0.25) is 0 Å². The Labute approximate surface area is 116 Å². The second kappa shape index (κ2) is 9.04. The third-order valence-corrected chi connectivity index (χ3v) is 2.87. The Balaban J connectivity index is 2.58. The fourth-order valence-corrected chi connectivity index (χ4v) is 1.96. The van der Waals surface area contributed by atoms with Crippen molar-refractivity contribution in [1.82, 2.24) is 20.1 Å². The molecular weight excluding hydrogens is 240 g/mol. The van der Waals surface area contributed by atoms with Crippen LogP contribution in [0.2, 0.25) is 0 Å². The van der Waals surface area contributed by atoms with Crippen molar-refractivity contribution in [2.24, 2.45) is 5.92 Å².